The molecule has 0 amide bonds. The highest BCUT2D eigenvalue weighted by molar-refractivity contribution is 5.65. The van der Waals surface area contributed by atoms with Crippen LogP contribution in [0.15, 0.2) is 42.2 Å². The van der Waals surface area contributed by atoms with Crippen LogP contribution in [-0.4, -0.2) is 10.2 Å². The van der Waals surface area contributed by atoms with E-state index in [1.54, 1.807) is 25.1 Å². The van der Waals surface area contributed by atoms with Crippen LogP contribution in [0.3, 0.4) is 0 Å². The molecule has 0 atom stereocenters. The summed E-state index contributed by atoms with van der Waals surface area (Å²) in [4.78, 5) is 0. The maximum atomic E-state index is 9.09. The van der Waals surface area contributed by atoms with Crippen molar-refractivity contribution in [2.45, 2.75) is 13.8 Å². The fraction of sp³-hybridized carbons (Fsp3) is 0.167. The van der Waals surface area contributed by atoms with Gasteiger partial charge >= 0.3 is 0 Å². The Morgan fingerprint density at radius 3 is 2.14 bits per heavy atom. The minimum absolute atomic E-state index is 0.260. The predicted molar refractivity (Wildman–Crippen MR) is 58.1 cm³/mol. The van der Waals surface area contributed by atoms with Gasteiger partial charge in [0.1, 0.15) is 5.75 Å². The van der Waals surface area contributed by atoms with Crippen LogP contribution >= 0.6 is 0 Å². The second kappa shape index (κ2) is 4.51. The fourth-order valence-corrected chi connectivity index (χ4v) is 1.07. The number of phenols is 1. The third-order valence-corrected chi connectivity index (χ3v) is 1.90. The number of hydrogen-bond acceptors (Lipinski definition) is 2. The first-order valence-electron chi connectivity index (χ1n) is 4.43. The highest BCUT2D eigenvalue weighted by atomic mass is 16.3. The molecule has 0 aliphatic rings. The number of rotatable bonds is 2. The molecule has 74 valence electrons. The van der Waals surface area contributed by atoms with Gasteiger partial charge in [-0.05, 0) is 43.2 Å². The molecule has 1 aromatic rings. The van der Waals surface area contributed by atoms with E-state index in [1.165, 1.54) is 0 Å². The fourth-order valence-electron chi connectivity index (χ4n) is 1.07. The summed E-state index contributed by atoms with van der Waals surface area (Å²) in [6, 6.07) is 6.95. The van der Waals surface area contributed by atoms with E-state index in [0.717, 1.165) is 11.1 Å². The molecule has 0 aromatic heterocycles. The molecule has 1 rings (SSSR count). The van der Waals surface area contributed by atoms with Crippen LogP contribution in [0.4, 0.5) is 0 Å². The largest absolute Gasteiger partial charge is 0.513 e. The van der Waals surface area contributed by atoms with E-state index in [1.807, 2.05) is 25.1 Å². The van der Waals surface area contributed by atoms with Crippen LogP contribution in [0, 0.1) is 0 Å². The van der Waals surface area contributed by atoms with E-state index >= 15 is 0 Å². The molecule has 0 bridgehead atoms. The third kappa shape index (κ3) is 2.98. The number of allylic oxidation sites excluding steroid dienone is 4. The summed E-state index contributed by atoms with van der Waals surface area (Å²) < 4.78 is 0. The minimum Gasteiger partial charge on any atom is -0.513 e. The minimum atomic E-state index is 0.260. The maximum Gasteiger partial charge on any atom is 0.115 e. The summed E-state index contributed by atoms with van der Waals surface area (Å²) in [6.45, 7) is 3.58. The molecular weight excluding hydrogens is 176 g/mol. The quantitative estimate of drug-likeness (QED) is 0.555. The number of benzene rings is 1. The van der Waals surface area contributed by atoms with E-state index in [2.05, 4.69) is 0 Å². The summed E-state index contributed by atoms with van der Waals surface area (Å²) in [6.07, 6.45) is 3.48. The SMILES string of the molecule is C/C(O)=C\C=C(/C)c1ccc(O)cc1. The van der Waals surface area contributed by atoms with Crippen LogP contribution in [0.1, 0.15) is 19.4 Å². The number of aliphatic hydroxyl groups is 1. The van der Waals surface area contributed by atoms with Gasteiger partial charge < -0.3 is 10.2 Å². The zero-order chi connectivity index (χ0) is 10.6. The molecule has 0 unspecified atom stereocenters. The molecule has 1 aromatic carbocycles. The van der Waals surface area contributed by atoms with Crippen molar-refractivity contribution in [2.75, 3.05) is 0 Å². The molecule has 0 spiro atoms. The number of aliphatic hydroxyl groups excluding tert-OH is 1. The van der Waals surface area contributed by atoms with Gasteiger partial charge in [-0.3, -0.25) is 0 Å². The smallest absolute Gasteiger partial charge is 0.115 e. The third-order valence-electron chi connectivity index (χ3n) is 1.90. The topological polar surface area (TPSA) is 40.5 Å². The van der Waals surface area contributed by atoms with Crippen molar-refractivity contribution in [3.63, 3.8) is 0 Å². The number of aromatic hydroxyl groups is 1. The van der Waals surface area contributed by atoms with E-state index in [9.17, 15) is 0 Å². The maximum absolute atomic E-state index is 9.09. The normalized spacial score (nSPS) is 13.0. The average molecular weight is 190 g/mol. The Morgan fingerprint density at radius 1 is 1.07 bits per heavy atom. The summed E-state index contributed by atoms with van der Waals surface area (Å²) in [7, 11) is 0. The Balaban J connectivity index is 2.89. The Kier molecular flexibility index (Phi) is 3.35. The Bertz CT molecular complexity index is 354. The van der Waals surface area contributed by atoms with Crippen LogP contribution < -0.4 is 0 Å². The van der Waals surface area contributed by atoms with Gasteiger partial charge in [-0.1, -0.05) is 18.2 Å². The average Bonchev–Trinajstić information content (AvgIpc) is 2.15. The Morgan fingerprint density at radius 2 is 1.64 bits per heavy atom. The molecule has 2 N–H and O–H groups in total. The second-order valence-corrected chi connectivity index (χ2v) is 3.20. The number of hydrogen-bond donors (Lipinski definition) is 2. The van der Waals surface area contributed by atoms with Gasteiger partial charge in [-0.25, -0.2) is 0 Å². The van der Waals surface area contributed by atoms with Crippen molar-refractivity contribution in [3.05, 3.63) is 47.7 Å². The van der Waals surface area contributed by atoms with Crippen molar-refractivity contribution in [1.82, 2.24) is 0 Å². The molecule has 0 heterocycles. The van der Waals surface area contributed by atoms with Gasteiger partial charge in [0.15, 0.2) is 0 Å². The van der Waals surface area contributed by atoms with Crippen molar-refractivity contribution < 1.29 is 10.2 Å². The van der Waals surface area contributed by atoms with Crippen molar-refractivity contribution in [2.24, 2.45) is 0 Å². The molecule has 0 aliphatic carbocycles. The highest BCUT2D eigenvalue weighted by Crippen LogP contribution is 2.17. The van der Waals surface area contributed by atoms with Gasteiger partial charge in [0.2, 0.25) is 0 Å². The van der Waals surface area contributed by atoms with Gasteiger partial charge in [0.25, 0.3) is 0 Å². The highest BCUT2D eigenvalue weighted by Gasteiger charge is 1.94. The van der Waals surface area contributed by atoms with Gasteiger partial charge in [-0.15, -0.1) is 0 Å². The second-order valence-electron chi connectivity index (χ2n) is 3.20. The van der Waals surface area contributed by atoms with E-state index < -0.39 is 0 Å². The summed E-state index contributed by atoms with van der Waals surface area (Å²) >= 11 is 0. The van der Waals surface area contributed by atoms with E-state index in [-0.39, 0.29) is 11.5 Å². The summed E-state index contributed by atoms with van der Waals surface area (Å²) in [5.74, 6) is 0.540. The van der Waals surface area contributed by atoms with Gasteiger partial charge in [0.05, 0.1) is 5.76 Å². The summed E-state index contributed by atoms with van der Waals surface area (Å²) in [5.41, 5.74) is 2.07. The molecule has 2 heteroatoms. The summed E-state index contributed by atoms with van der Waals surface area (Å²) in [5, 5.41) is 18.1. The van der Waals surface area contributed by atoms with Gasteiger partial charge in [-0.2, -0.15) is 0 Å². The lowest BCUT2D eigenvalue weighted by Crippen LogP contribution is -1.78. The van der Waals surface area contributed by atoms with E-state index in [0.29, 0.717) is 0 Å². The zero-order valence-electron chi connectivity index (χ0n) is 8.36. The lowest BCUT2D eigenvalue weighted by Gasteiger charge is -2.00. The Labute approximate surface area is 83.8 Å². The van der Waals surface area contributed by atoms with Crippen LogP contribution in [0.5, 0.6) is 5.75 Å². The van der Waals surface area contributed by atoms with E-state index in [4.69, 9.17) is 10.2 Å². The van der Waals surface area contributed by atoms with Crippen LogP contribution in [0.2, 0.25) is 0 Å². The monoisotopic (exact) mass is 190 g/mol. The first-order chi connectivity index (χ1) is 6.59. The first-order valence-corrected chi connectivity index (χ1v) is 4.43. The molecule has 0 fully saturated rings. The lowest BCUT2D eigenvalue weighted by atomic mass is 10.1. The lowest BCUT2D eigenvalue weighted by molar-refractivity contribution is 0.414. The van der Waals surface area contributed by atoms with Crippen molar-refractivity contribution >= 4 is 5.57 Å². The van der Waals surface area contributed by atoms with Crippen LogP contribution in [-0.2, 0) is 0 Å². The molecule has 0 aliphatic heterocycles. The van der Waals surface area contributed by atoms with Crippen molar-refractivity contribution in [3.8, 4) is 5.75 Å². The Hall–Kier alpha value is -1.70. The van der Waals surface area contributed by atoms with Gasteiger partial charge in [0, 0.05) is 0 Å². The molecule has 0 saturated carbocycles. The number of phenolic OH excluding ortho intramolecular Hbond substituents is 1. The first kappa shape index (κ1) is 10.4. The zero-order valence-corrected chi connectivity index (χ0v) is 8.36. The molecule has 0 saturated heterocycles. The standard InChI is InChI=1S/C12H14O2/c1-9(3-4-10(2)13)11-5-7-12(14)8-6-11/h3-8,13-14H,1-2H3/b9-3+,10-4+. The molecular formula is C12H14O2. The molecule has 0 radical (unpaired) electrons. The molecule has 2 nitrogen and oxygen atoms in total. The van der Waals surface area contributed by atoms with Crippen molar-refractivity contribution in [1.29, 1.82) is 0 Å². The molecule has 14 heavy (non-hydrogen) atoms. The predicted octanol–water partition coefficient (Wildman–Crippen LogP) is 3.26. The van der Waals surface area contributed by atoms with Crippen LogP contribution in [0.25, 0.3) is 5.57 Å².